The SMILES string of the molecule is C[C@H](C(=O)NCc1cc(-c2ccccc2)no1)n1cnc2ccccc21. The summed E-state index contributed by atoms with van der Waals surface area (Å²) in [7, 11) is 0. The van der Waals surface area contributed by atoms with E-state index in [1.165, 1.54) is 0 Å². The first-order valence-electron chi connectivity index (χ1n) is 8.42. The Bertz CT molecular complexity index is 1040. The molecule has 0 saturated heterocycles. The Labute approximate surface area is 150 Å². The molecule has 0 aliphatic heterocycles. The van der Waals surface area contributed by atoms with Crippen molar-refractivity contribution in [3.05, 3.63) is 72.8 Å². The molecular weight excluding hydrogens is 328 g/mol. The molecule has 2 heterocycles. The summed E-state index contributed by atoms with van der Waals surface area (Å²) in [5.41, 5.74) is 3.53. The number of carbonyl (C=O) groups excluding carboxylic acids is 1. The molecule has 0 spiro atoms. The number of rotatable bonds is 5. The monoisotopic (exact) mass is 346 g/mol. The predicted octanol–water partition coefficient (Wildman–Crippen LogP) is 3.57. The Morgan fingerprint density at radius 3 is 2.77 bits per heavy atom. The lowest BCUT2D eigenvalue weighted by Crippen LogP contribution is -2.30. The predicted molar refractivity (Wildman–Crippen MR) is 98.2 cm³/mol. The molecule has 26 heavy (non-hydrogen) atoms. The molecule has 6 heteroatoms. The molecule has 2 aromatic heterocycles. The van der Waals surface area contributed by atoms with E-state index in [0.29, 0.717) is 5.76 Å². The van der Waals surface area contributed by atoms with Crippen LogP contribution in [0.5, 0.6) is 0 Å². The van der Waals surface area contributed by atoms with Crippen LogP contribution in [0.15, 0.2) is 71.5 Å². The van der Waals surface area contributed by atoms with Gasteiger partial charge in [-0.25, -0.2) is 4.98 Å². The van der Waals surface area contributed by atoms with Crippen molar-refractivity contribution < 1.29 is 9.32 Å². The molecule has 0 aliphatic carbocycles. The zero-order chi connectivity index (χ0) is 17.9. The van der Waals surface area contributed by atoms with E-state index in [4.69, 9.17) is 4.52 Å². The van der Waals surface area contributed by atoms with Crippen molar-refractivity contribution in [1.82, 2.24) is 20.0 Å². The third-order valence-corrected chi connectivity index (χ3v) is 4.34. The molecule has 130 valence electrons. The number of imidazole rings is 1. The minimum atomic E-state index is -0.376. The molecule has 0 radical (unpaired) electrons. The van der Waals surface area contributed by atoms with Crippen molar-refractivity contribution >= 4 is 16.9 Å². The highest BCUT2D eigenvalue weighted by atomic mass is 16.5. The number of nitrogens with zero attached hydrogens (tertiary/aromatic N) is 3. The van der Waals surface area contributed by atoms with E-state index in [9.17, 15) is 4.79 Å². The maximum absolute atomic E-state index is 12.5. The van der Waals surface area contributed by atoms with Crippen LogP contribution < -0.4 is 5.32 Å². The van der Waals surface area contributed by atoms with Crippen LogP contribution in [0.1, 0.15) is 18.7 Å². The number of aromatic nitrogens is 3. The Morgan fingerprint density at radius 1 is 1.15 bits per heavy atom. The fraction of sp³-hybridized carbons (Fsp3) is 0.150. The average Bonchev–Trinajstić information content (AvgIpc) is 3.33. The van der Waals surface area contributed by atoms with Crippen LogP contribution in [0, 0.1) is 0 Å². The van der Waals surface area contributed by atoms with Crippen LogP contribution in [-0.4, -0.2) is 20.6 Å². The lowest BCUT2D eigenvalue weighted by molar-refractivity contribution is -0.124. The van der Waals surface area contributed by atoms with E-state index >= 15 is 0 Å². The van der Waals surface area contributed by atoms with E-state index in [0.717, 1.165) is 22.3 Å². The molecule has 1 N–H and O–H groups in total. The average molecular weight is 346 g/mol. The van der Waals surface area contributed by atoms with Gasteiger partial charge in [0.15, 0.2) is 5.76 Å². The molecule has 1 amide bonds. The third kappa shape index (κ3) is 3.09. The second-order valence-electron chi connectivity index (χ2n) is 6.08. The van der Waals surface area contributed by atoms with Crippen LogP contribution in [0.2, 0.25) is 0 Å². The van der Waals surface area contributed by atoms with Crippen molar-refractivity contribution in [2.24, 2.45) is 0 Å². The fourth-order valence-corrected chi connectivity index (χ4v) is 2.88. The van der Waals surface area contributed by atoms with Crippen LogP contribution >= 0.6 is 0 Å². The molecule has 1 atom stereocenters. The topological polar surface area (TPSA) is 73.0 Å². The normalized spacial score (nSPS) is 12.2. The lowest BCUT2D eigenvalue weighted by atomic mass is 10.1. The highest BCUT2D eigenvalue weighted by molar-refractivity contribution is 5.83. The Morgan fingerprint density at radius 2 is 1.92 bits per heavy atom. The number of carbonyl (C=O) groups is 1. The number of para-hydroxylation sites is 2. The molecule has 6 nitrogen and oxygen atoms in total. The van der Waals surface area contributed by atoms with Crippen molar-refractivity contribution in [1.29, 1.82) is 0 Å². The second-order valence-corrected chi connectivity index (χ2v) is 6.08. The lowest BCUT2D eigenvalue weighted by Gasteiger charge is -2.13. The summed E-state index contributed by atoms with van der Waals surface area (Å²) in [5.74, 6) is 0.505. The zero-order valence-electron chi connectivity index (χ0n) is 14.3. The quantitative estimate of drug-likeness (QED) is 0.599. The van der Waals surface area contributed by atoms with Crippen molar-refractivity contribution in [2.75, 3.05) is 0 Å². The molecule has 4 rings (SSSR count). The van der Waals surface area contributed by atoms with E-state index in [2.05, 4.69) is 15.5 Å². The van der Waals surface area contributed by atoms with Crippen molar-refractivity contribution in [2.45, 2.75) is 19.5 Å². The number of fused-ring (bicyclic) bond motifs is 1. The van der Waals surface area contributed by atoms with Gasteiger partial charge in [0.05, 0.1) is 23.9 Å². The minimum Gasteiger partial charge on any atom is -0.359 e. The smallest absolute Gasteiger partial charge is 0.243 e. The molecule has 0 aliphatic rings. The van der Waals surface area contributed by atoms with Crippen molar-refractivity contribution in [3.63, 3.8) is 0 Å². The molecule has 0 bridgehead atoms. The van der Waals surface area contributed by atoms with Crippen LogP contribution in [0.25, 0.3) is 22.3 Å². The number of hydrogen-bond donors (Lipinski definition) is 1. The van der Waals surface area contributed by atoms with E-state index in [1.54, 1.807) is 6.33 Å². The van der Waals surface area contributed by atoms with Gasteiger partial charge in [-0.15, -0.1) is 0 Å². The summed E-state index contributed by atoms with van der Waals surface area (Å²) < 4.78 is 7.19. The molecule has 0 fully saturated rings. The van der Waals surface area contributed by atoms with Crippen LogP contribution in [0.4, 0.5) is 0 Å². The highest BCUT2D eigenvalue weighted by Gasteiger charge is 2.17. The first-order valence-corrected chi connectivity index (χ1v) is 8.42. The largest absolute Gasteiger partial charge is 0.359 e. The Kier molecular flexibility index (Phi) is 4.23. The third-order valence-electron chi connectivity index (χ3n) is 4.34. The first-order chi connectivity index (χ1) is 12.7. The number of hydrogen-bond acceptors (Lipinski definition) is 4. The standard InChI is InChI=1S/C20H18N4O2/c1-14(24-13-22-17-9-5-6-10-19(17)24)20(25)21-12-16-11-18(23-26-16)15-7-3-2-4-8-15/h2-11,13-14H,12H2,1H3,(H,21,25)/t14-/m1/s1. The van der Waals surface area contributed by atoms with E-state index < -0.39 is 0 Å². The van der Waals surface area contributed by atoms with Gasteiger partial charge in [0.25, 0.3) is 0 Å². The highest BCUT2D eigenvalue weighted by Crippen LogP contribution is 2.19. The summed E-state index contributed by atoms with van der Waals surface area (Å²) in [6.07, 6.45) is 1.69. The maximum atomic E-state index is 12.5. The van der Waals surface area contributed by atoms with Gasteiger partial charge in [-0.3, -0.25) is 4.79 Å². The van der Waals surface area contributed by atoms with Gasteiger partial charge in [-0.05, 0) is 19.1 Å². The van der Waals surface area contributed by atoms with Gasteiger partial charge in [0.2, 0.25) is 5.91 Å². The number of amides is 1. The fourth-order valence-electron chi connectivity index (χ4n) is 2.88. The van der Waals surface area contributed by atoms with Crippen molar-refractivity contribution in [3.8, 4) is 11.3 Å². The van der Waals surface area contributed by atoms with Gasteiger partial charge >= 0.3 is 0 Å². The number of benzene rings is 2. The summed E-state index contributed by atoms with van der Waals surface area (Å²) in [4.78, 5) is 16.8. The zero-order valence-corrected chi connectivity index (χ0v) is 14.3. The molecule has 0 unspecified atom stereocenters. The van der Waals surface area contributed by atoms with Gasteiger partial charge in [-0.2, -0.15) is 0 Å². The van der Waals surface area contributed by atoms with Gasteiger partial charge in [0, 0.05) is 11.6 Å². The van der Waals surface area contributed by atoms with Crippen LogP contribution in [-0.2, 0) is 11.3 Å². The Balaban J connectivity index is 1.43. The van der Waals surface area contributed by atoms with Gasteiger partial charge in [-0.1, -0.05) is 47.6 Å². The summed E-state index contributed by atoms with van der Waals surface area (Å²) in [5, 5.41) is 6.95. The van der Waals surface area contributed by atoms with Gasteiger partial charge in [0.1, 0.15) is 11.7 Å². The summed E-state index contributed by atoms with van der Waals surface area (Å²) in [6, 6.07) is 19.0. The second kappa shape index (κ2) is 6.84. The molecule has 4 aromatic rings. The molecule has 0 saturated carbocycles. The minimum absolute atomic E-state index is 0.106. The Hall–Kier alpha value is -3.41. The molecule has 2 aromatic carbocycles. The van der Waals surface area contributed by atoms with E-state index in [1.807, 2.05) is 72.2 Å². The summed E-state index contributed by atoms with van der Waals surface area (Å²) >= 11 is 0. The van der Waals surface area contributed by atoms with Gasteiger partial charge < -0.3 is 14.4 Å². The van der Waals surface area contributed by atoms with Crippen LogP contribution in [0.3, 0.4) is 0 Å². The molecular formula is C20H18N4O2. The number of nitrogens with one attached hydrogen (secondary N) is 1. The maximum Gasteiger partial charge on any atom is 0.243 e. The van der Waals surface area contributed by atoms with E-state index in [-0.39, 0.29) is 18.5 Å². The summed E-state index contributed by atoms with van der Waals surface area (Å²) in [6.45, 7) is 2.13. The first kappa shape index (κ1) is 16.1.